The van der Waals surface area contributed by atoms with Crippen molar-refractivity contribution in [1.82, 2.24) is 4.57 Å². The molecule has 0 N–H and O–H groups in total. The van der Waals surface area contributed by atoms with E-state index < -0.39 is 0 Å². The summed E-state index contributed by atoms with van der Waals surface area (Å²) in [5.74, 6) is 0.961. The number of benzene rings is 5. The molecule has 0 atom stereocenters. The molecule has 1 heterocycles. The van der Waals surface area contributed by atoms with Gasteiger partial charge in [0.05, 0.1) is 11.0 Å². The molecule has 11 rings (SSSR count). The van der Waals surface area contributed by atoms with Crippen molar-refractivity contribution in [2.24, 2.45) is 5.92 Å². The quantitative estimate of drug-likeness (QED) is 0.164. The van der Waals surface area contributed by atoms with Crippen LogP contribution in [-0.4, -0.2) is 4.57 Å². The average molecular weight is 826 g/mol. The first kappa shape index (κ1) is 34.4. The number of hydrogen-bond donors (Lipinski definition) is 0. The molecule has 0 radical (unpaired) electrons. The lowest BCUT2D eigenvalue weighted by molar-refractivity contribution is 0.136. The van der Waals surface area contributed by atoms with E-state index in [1.807, 2.05) is 0 Å². The molecule has 53 heavy (non-hydrogen) atoms. The standard InChI is InChI=1S/C50H51Br2N/c1-46(2)34-13-9-11-15-36(34)48(5,6)40-38(46)27-32-33-28-39-41(49(7,8)37-16-12-10-14-35(37)47(39,3)4)43(52)45(33)53(44(32)42(40)51)31-19-17-30(18-20-31)50-24-21-29(22-25-50)23-26-50/h9-20,27-29H,21-26H2,1-8H3. The molecule has 0 saturated heterocycles. The minimum absolute atomic E-state index is 0.155. The van der Waals surface area contributed by atoms with Gasteiger partial charge in [-0.15, -0.1) is 0 Å². The van der Waals surface area contributed by atoms with Gasteiger partial charge in [0, 0.05) is 47.1 Å². The summed E-state index contributed by atoms with van der Waals surface area (Å²) in [7, 11) is 0. The second-order valence-corrected chi connectivity index (χ2v) is 20.8. The van der Waals surface area contributed by atoms with Crippen LogP contribution in [0.1, 0.15) is 144 Å². The van der Waals surface area contributed by atoms with Crippen LogP contribution in [0.25, 0.3) is 27.5 Å². The fourth-order valence-electron chi connectivity index (χ4n) is 12.1. The van der Waals surface area contributed by atoms with Crippen LogP contribution in [0, 0.1) is 5.92 Å². The highest BCUT2D eigenvalue weighted by Gasteiger charge is 2.47. The van der Waals surface area contributed by atoms with Crippen molar-refractivity contribution in [2.45, 2.75) is 121 Å². The van der Waals surface area contributed by atoms with Crippen LogP contribution >= 0.6 is 31.9 Å². The van der Waals surface area contributed by atoms with E-state index in [1.54, 1.807) is 5.56 Å². The third kappa shape index (κ3) is 4.36. The van der Waals surface area contributed by atoms with Gasteiger partial charge >= 0.3 is 0 Å². The van der Waals surface area contributed by atoms with Crippen LogP contribution in [0.4, 0.5) is 0 Å². The molecule has 0 unspecified atom stereocenters. The predicted octanol–water partition coefficient (Wildman–Crippen LogP) is 14.5. The predicted molar refractivity (Wildman–Crippen MR) is 230 cm³/mol. The van der Waals surface area contributed by atoms with E-state index >= 15 is 0 Å². The topological polar surface area (TPSA) is 4.93 Å². The van der Waals surface area contributed by atoms with Gasteiger partial charge < -0.3 is 4.57 Å². The molecule has 3 saturated carbocycles. The Morgan fingerprint density at radius 3 is 1.26 bits per heavy atom. The lowest BCUT2D eigenvalue weighted by Crippen LogP contribution is -2.37. The Hall–Kier alpha value is -3.14. The first-order chi connectivity index (χ1) is 25.1. The number of nitrogens with zero attached hydrogens (tertiary/aromatic N) is 1. The van der Waals surface area contributed by atoms with Crippen molar-refractivity contribution < 1.29 is 0 Å². The summed E-state index contributed by atoms with van der Waals surface area (Å²) in [4.78, 5) is 0. The molecule has 5 aliphatic rings. The molecule has 270 valence electrons. The van der Waals surface area contributed by atoms with Gasteiger partial charge in [0.15, 0.2) is 0 Å². The molecule has 1 nitrogen and oxygen atoms in total. The van der Waals surface area contributed by atoms with Gasteiger partial charge in [-0.3, -0.25) is 0 Å². The summed E-state index contributed by atoms with van der Waals surface area (Å²) < 4.78 is 5.04. The van der Waals surface area contributed by atoms with Crippen molar-refractivity contribution in [3.63, 3.8) is 0 Å². The minimum atomic E-state index is -0.180. The highest BCUT2D eigenvalue weighted by atomic mass is 79.9. The van der Waals surface area contributed by atoms with Crippen LogP contribution in [0.2, 0.25) is 0 Å². The van der Waals surface area contributed by atoms with Crippen molar-refractivity contribution in [3.05, 3.63) is 144 Å². The zero-order valence-electron chi connectivity index (χ0n) is 32.6. The summed E-state index contributed by atoms with van der Waals surface area (Å²) >= 11 is 8.83. The molecule has 0 spiro atoms. The fraction of sp³-hybridized carbons (Fsp3) is 0.400. The molecule has 1 aromatic heterocycles. The highest BCUT2D eigenvalue weighted by Crippen LogP contribution is 2.58. The SMILES string of the molecule is CC1(C)c2ccccc2C(C)(C)c2c1cc1c3cc4c(c(Br)c3n(-c3ccc(C56CCC(CC5)CC6)cc3)c1c2Br)C(C)(C)c1ccccc1C4(C)C. The third-order valence-electron chi connectivity index (χ3n) is 15.2. The van der Waals surface area contributed by atoms with Gasteiger partial charge in [-0.25, -0.2) is 0 Å². The van der Waals surface area contributed by atoms with Crippen molar-refractivity contribution in [3.8, 4) is 5.69 Å². The second-order valence-electron chi connectivity index (χ2n) is 19.3. The molecule has 3 fully saturated rings. The van der Waals surface area contributed by atoms with Crippen molar-refractivity contribution in [1.29, 1.82) is 0 Å². The average Bonchev–Trinajstić information content (AvgIpc) is 3.49. The van der Waals surface area contributed by atoms with Crippen molar-refractivity contribution >= 4 is 53.7 Å². The Kier molecular flexibility index (Phi) is 7.13. The van der Waals surface area contributed by atoms with Gasteiger partial charge in [-0.1, -0.05) is 116 Å². The number of hydrogen-bond acceptors (Lipinski definition) is 0. The molecule has 2 bridgehead atoms. The van der Waals surface area contributed by atoms with Crippen LogP contribution in [0.3, 0.4) is 0 Å². The van der Waals surface area contributed by atoms with E-state index in [1.165, 1.54) is 119 Å². The van der Waals surface area contributed by atoms with E-state index in [4.69, 9.17) is 0 Å². The number of halogens is 2. The van der Waals surface area contributed by atoms with E-state index in [0.29, 0.717) is 5.41 Å². The molecule has 0 aliphatic heterocycles. The Balaban J connectivity index is 1.32. The Labute approximate surface area is 332 Å². The van der Waals surface area contributed by atoms with Gasteiger partial charge in [0.2, 0.25) is 0 Å². The largest absolute Gasteiger partial charge is 0.307 e. The molecule has 6 aromatic rings. The molecular weight excluding hydrogens is 774 g/mol. The fourth-order valence-corrected chi connectivity index (χ4v) is 14.3. The number of fused-ring (bicyclic) bond motifs is 10. The first-order valence-electron chi connectivity index (χ1n) is 20.0. The Morgan fingerprint density at radius 2 is 0.868 bits per heavy atom. The van der Waals surface area contributed by atoms with E-state index in [2.05, 4.69) is 177 Å². The maximum atomic E-state index is 4.42. The lowest BCUT2D eigenvalue weighted by Gasteiger charge is -2.47. The number of aromatic nitrogens is 1. The number of rotatable bonds is 2. The zero-order chi connectivity index (χ0) is 37.0. The van der Waals surface area contributed by atoms with Gasteiger partial charge in [0.1, 0.15) is 0 Å². The minimum Gasteiger partial charge on any atom is -0.307 e. The lowest BCUT2D eigenvalue weighted by atomic mass is 9.58. The summed E-state index contributed by atoms with van der Waals surface area (Å²) in [5, 5.41) is 2.64. The molecule has 0 amide bonds. The van der Waals surface area contributed by atoms with Gasteiger partial charge in [-0.05, 0) is 156 Å². The van der Waals surface area contributed by atoms with Crippen LogP contribution in [0.15, 0.2) is 93.9 Å². The first-order valence-corrected chi connectivity index (χ1v) is 21.6. The monoisotopic (exact) mass is 823 g/mol. The highest BCUT2D eigenvalue weighted by molar-refractivity contribution is 9.11. The van der Waals surface area contributed by atoms with Crippen LogP contribution < -0.4 is 0 Å². The zero-order valence-corrected chi connectivity index (χ0v) is 35.8. The summed E-state index contributed by atoms with van der Waals surface area (Å²) in [5.41, 5.74) is 16.3. The van der Waals surface area contributed by atoms with E-state index in [0.717, 1.165) is 5.92 Å². The maximum absolute atomic E-state index is 4.42. The summed E-state index contributed by atoms with van der Waals surface area (Å²) in [6.07, 6.45) is 8.24. The van der Waals surface area contributed by atoms with Crippen LogP contribution in [0.5, 0.6) is 0 Å². The second kappa shape index (κ2) is 11.0. The van der Waals surface area contributed by atoms with E-state index in [9.17, 15) is 0 Å². The molecular formula is C50H51Br2N. The van der Waals surface area contributed by atoms with E-state index in [-0.39, 0.29) is 21.7 Å². The third-order valence-corrected chi connectivity index (χ3v) is 16.7. The molecule has 5 aliphatic carbocycles. The Morgan fingerprint density at radius 1 is 0.491 bits per heavy atom. The van der Waals surface area contributed by atoms with Gasteiger partial charge in [0.25, 0.3) is 0 Å². The normalized spacial score (nSPS) is 24.1. The van der Waals surface area contributed by atoms with Crippen molar-refractivity contribution in [2.75, 3.05) is 0 Å². The molecule has 5 aromatic carbocycles. The molecule has 3 heteroatoms. The maximum Gasteiger partial charge on any atom is 0.0686 e. The van der Waals surface area contributed by atoms with Crippen LogP contribution in [-0.2, 0) is 27.1 Å². The Bertz CT molecular complexity index is 2380. The summed E-state index contributed by atoms with van der Waals surface area (Å²) in [6.45, 7) is 19.4. The van der Waals surface area contributed by atoms with Gasteiger partial charge in [-0.2, -0.15) is 0 Å². The summed E-state index contributed by atoms with van der Waals surface area (Å²) in [6, 6.07) is 33.3. The smallest absolute Gasteiger partial charge is 0.0686 e.